The summed E-state index contributed by atoms with van der Waals surface area (Å²) in [5.74, 6) is 0.233. The molecule has 7 nitrogen and oxygen atoms in total. The maximum Gasteiger partial charge on any atom is 0.253 e. The summed E-state index contributed by atoms with van der Waals surface area (Å²) in [6, 6.07) is 10.2. The number of rotatable bonds is 10. The molecule has 0 bridgehead atoms. The molecule has 1 atom stereocenters. The van der Waals surface area contributed by atoms with Crippen molar-refractivity contribution in [1.29, 1.82) is 0 Å². The molecule has 1 aromatic heterocycles. The number of thioether (sulfide) groups is 1. The van der Waals surface area contributed by atoms with Gasteiger partial charge in [-0.2, -0.15) is 0 Å². The van der Waals surface area contributed by atoms with Crippen molar-refractivity contribution < 1.29 is 9.59 Å². The second-order valence-electron chi connectivity index (χ2n) is 8.77. The molecule has 0 saturated carbocycles. The highest BCUT2D eigenvalue weighted by Gasteiger charge is 2.27. The van der Waals surface area contributed by atoms with Gasteiger partial charge in [0.1, 0.15) is 0 Å². The minimum atomic E-state index is -0.449. The number of halogens is 2. The van der Waals surface area contributed by atoms with Crippen molar-refractivity contribution in [2.75, 3.05) is 11.1 Å². The van der Waals surface area contributed by atoms with Gasteiger partial charge in [0, 0.05) is 17.3 Å². The Balaban J connectivity index is 1.77. The molecule has 36 heavy (non-hydrogen) atoms. The number of hydrogen-bond donors (Lipinski definition) is 2. The Labute approximate surface area is 225 Å². The molecule has 0 aliphatic rings. The summed E-state index contributed by atoms with van der Waals surface area (Å²) in [5, 5.41) is 15.9. The van der Waals surface area contributed by atoms with Gasteiger partial charge in [-0.05, 0) is 61.2 Å². The van der Waals surface area contributed by atoms with E-state index in [0.717, 1.165) is 16.8 Å². The number of aromatic nitrogens is 3. The number of allylic oxidation sites excluding steroid dienone is 1. The first kappa shape index (κ1) is 27.8. The highest BCUT2D eigenvalue weighted by atomic mass is 35.5. The van der Waals surface area contributed by atoms with E-state index in [1.165, 1.54) is 17.8 Å². The van der Waals surface area contributed by atoms with Crippen LogP contribution in [0.15, 0.2) is 54.2 Å². The SMILES string of the molecule is C=CCn1c(SCC(=O)Nc2cc(C)cc(C)c2)nnc1[C@@H](NC(=O)c1ccc(Cl)cc1Cl)C(C)C. The summed E-state index contributed by atoms with van der Waals surface area (Å²) in [6.07, 6.45) is 1.72. The zero-order chi connectivity index (χ0) is 26.4. The van der Waals surface area contributed by atoms with Crippen molar-refractivity contribution in [3.63, 3.8) is 0 Å². The first-order valence-corrected chi connectivity index (χ1v) is 13.1. The predicted molar refractivity (Wildman–Crippen MR) is 147 cm³/mol. The number of aryl methyl sites for hydroxylation is 2. The lowest BCUT2D eigenvalue weighted by molar-refractivity contribution is -0.113. The average Bonchev–Trinajstić information content (AvgIpc) is 3.17. The molecule has 0 unspecified atom stereocenters. The van der Waals surface area contributed by atoms with E-state index < -0.39 is 6.04 Å². The van der Waals surface area contributed by atoms with Crippen LogP contribution in [0.2, 0.25) is 10.0 Å². The zero-order valence-electron chi connectivity index (χ0n) is 20.6. The number of anilines is 1. The molecule has 0 aliphatic heterocycles. The molecule has 3 aromatic rings. The first-order chi connectivity index (χ1) is 17.1. The van der Waals surface area contributed by atoms with Crippen molar-refractivity contribution in [3.05, 3.63) is 81.6 Å². The Morgan fingerprint density at radius 3 is 2.42 bits per heavy atom. The van der Waals surface area contributed by atoms with E-state index in [9.17, 15) is 9.59 Å². The molecule has 0 fully saturated rings. The number of carbonyl (C=O) groups is 2. The van der Waals surface area contributed by atoms with Crippen LogP contribution in [-0.4, -0.2) is 32.3 Å². The van der Waals surface area contributed by atoms with E-state index in [0.29, 0.717) is 28.1 Å². The Morgan fingerprint density at radius 2 is 1.81 bits per heavy atom. The highest BCUT2D eigenvalue weighted by molar-refractivity contribution is 7.99. The fraction of sp³-hybridized carbons (Fsp3) is 0.308. The topological polar surface area (TPSA) is 88.9 Å². The largest absolute Gasteiger partial charge is 0.342 e. The lowest BCUT2D eigenvalue weighted by Gasteiger charge is -2.23. The van der Waals surface area contributed by atoms with Gasteiger partial charge < -0.3 is 15.2 Å². The van der Waals surface area contributed by atoms with Crippen molar-refractivity contribution in [2.45, 2.75) is 45.4 Å². The summed E-state index contributed by atoms with van der Waals surface area (Å²) in [4.78, 5) is 25.6. The number of carbonyl (C=O) groups excluding carboxylic acids is 2. The van der Waals surface area contributed by atoms with Crippen LogP contribution in [0.3, 0.4) is 0 Å². The Kier molecular flexibility index (Phi) is 9.59. The van der Waals surface area contributed by atoms with Gasteiger partial charge in [0.05, 0.1) is 22.4 Å². The van der Waals surface area contributed by atoms with Gasteiger partial charge in [-0.15, -0.1) is 16.8 Å². The van der Waals surface area contributed by atoms with Crippen LogP contribution in [0, 0.1) is 19.8 Å². The molecule has 2 N–H and O–H groups in total. The van der Waals surface area contributed by atoms with E-state index in [-0.39, 0.29) is 28.5 Å². The van der Waals surface area contributed by atoms with Gasteiger partial charge in [0.15, 0.2) is 11.0 Å². The van der Waals surface area contributed by atoms with Gasteiger partial charge >= 0.3 is 0 Å². The Hall–Kier alpha value is -2.81. The summed E-state index contributed by atoms with van der Waals surface area (Å²) in [6.45, 7) is 12.2. The van der Waals surface area contributed by atoms with Gasteiger partial charge in [-0.25, -0.2) is 0 Å². The van der Waals surface area contributed by atoms with Crippen LogP contribution < -0.4 is 10.6 Å². The minimum Gasteiger partial charge on any atom is -0.342 e. The average molecular weight is 547 g/mol. The second kappa shape index (κ2) is 12.4. The number of nitrogens with zero attached hydrogens (tertiary/aromatic N) is 3. The normalized spacial score (nSPS) is 11.9. The van der Waals surface area contributed by atoms with Gasteiger partial charge in [0.2, 0.25) is 5.91 Å². The van der Waals surface area contributed by atoms with Gasteiger partial charge in [0.25, 0.3) is 5.91 Å². The number of hydrogen-bond acceptors (Lipinski definition) is 5. The van der Waals surface area contributed by atoms with Gasteiger partial charge in [-0.1, -0.05) is 61.0 Å². The van der Waals surface area contributed by atoms with Crippen LogP contribution in [0.25, 0.3) is 0 Å². The van der Waals surface area contributed by atoms with Crippen molar-refractivity contribution in [1.82, 2.24) is 20.1 Å². The summed E-state index contributed by atoms with van der Waals surface area (Å²) in [5.41, 5.74) is 3.24. The predicted octanol–water partition coefficient (Wildman–Crippen LogP) is 6.25. The standard InChI is InChI=1S/C26H29Cl2N5O2S/c1-6-9-33-24(23(15(2)3)30-25(35)20-8-7-18(27)13-21(20)28)31-32-26(33)36-14-22(34)29-19-11-16(4)10-17(5)12-19/h6-8,10-13,15,23H,1,9,14H2,2-5H3,(H,29,34)(H,30,35)/t23-/m0/s1. The van der Waals surface area contributed by atoms with E-state index in [4.69, 9.17) is 23.2 Å². The zero-order valence-corrected chi connectivity index (χ0v) is 23.0. The maximum atomic E-state index is 13.0. The quantitative estimate of drug-likeness (QED) is 0.232. The summed E-state index contributed by atoms with van der Waals surface area (Å²) >= 11 is 13.5. The molecule has 0 radical (unpaired) electrons. The third-order valence-corrected chi connectivity index (χ3v) is 6.82. The van der Waals surface area contributed by atoms with Gasteiger partial charge in [-0.3, -0.25) is 9.59 Å². The Morgan fingerprint density at radius 1 is 1.11 bits per heavy atom. The van der Waals surface area contributed by atoms with Crippen LogP contribution in [-0.2, 0) is 11.3 Å². The smallest absolute Gasteiger partial charge is 0.253 e. The van der Waals surface area contributed by atoms with E-state index >= 15 is 0 Å². The highest BCUT2D eigenvalue weighted by Crippen LogP contribution is 2.27. The maximum absolute atomic E-state index is 13.0. The van der Waals surface area contributed by atoms with E-state index in [1.54, 1.807) is 18.2 Å². The molecule has 0 aliphatic carbocycles. The third kappa shape index (κ3) is 7.12. The minimum absolute atomic E-state index is 0.00139. The van der Waals surface area contributed by atoms with E-state index in [1.807, 2.05) is 44.4 Å². The lowest BCUT2D eigenvalue weighted by atomic mass is 10.0. The van der Waals surface area contributed by atoms with Crippen LogP contribution in [0.1, 0.15) is 47.2 Å². The van der Waals surface area contributed by atoms with Crippen LogP contribution in [0.5, 0.6) is 0 Å². The molecule has 190 valence electrons. The second-order valence-corrected chi connectivity index (χ2v) is 10.6. The molecule has 0 spiro atoms. The number of nitrogens with one attached hydrogen (secondary N) is 2. The molecular weight excluding hydrogens is 517 g/mol. The van der Waals surface area contributed by atoms with Crippen LogP contribution in [0.4, 0.5) is 5.69 Å². The molecule has 0 saturated heterocycles. The van der Waals surface area contributed by atoms with Crippen molar-refractivity contribution in [2.24, 2.45) is 5.92 Å². The van der Waals surface area contributed by atoms with Crippen molar-refractivity contribution in [3.8, 4) is 0 Å². The van der Waals surface area contributed by atoms with Crippen molar-refractivity contribution >= 4 is 52.5 Å². The molecular formula is C26H29Cl2N5O2S. The number of benzene rings is 2. The first-order valence-electron chi connectivity index (χ1n) is 11.4. The summed E-state index contributed by atoms with van der Waals surface area (Å²) < 4.78 is 1.86. The third-order valence-electron chi connectivity index (χ3n) is 5.30. The molecule has 2 amide bonds. The monoisotopic (exact) mass is 545 g/mol. The molecule has 1 heterocycles. The summed E-state index contributed by atoms with van der Waals surface area (Å²) in [7, 11) is 0. The fourth-order valence-corrected chi connectivity index (χ4v) is 4.98. The fourth-order valence-electron chi connectivity index (χ4n) is 3.73. The van der Waals surface area contributed by atoms with E-state index in [2.05, 4.69) is 33.5 Å². The van der Waals surface area contributed by atoms with Crippen LogP contribution >= 0.6 is 35.0 Å². The lowest BCUT2D eigenvalue weighted by Crippen LogP contribution is -2.34. The molecule has 3 rings (SSSR count). The molecule has 10 heteroatoms. The number of amides is 2. The molecule has 2 aromatic carbocycles. The Bertz CT molecular complexity index is 1250.